The number of hydrogen-bond donors (Lipinski definition) is 2. The van der Waals surface area contributed by atoms with Crippen LogP contribution in [0.15, 0.2) is 30.3 Å². The molecule has 0 heterocycles. The second kappa shape index (κ2) is 9.37. The molecule has 2 atom stereocenters. The fourth-order valence-corrected chi connectivity index (χ4v) is 3.45. The molecule has 0 spiro atoms. The third-order valence-electron chi connectivity index (χ3n) is 3.51. The lowest BCUT2D eigenvalue weighted by Crippen LogP contribution is -2.45. The molecule has 132 valence electrons. The number of benzene rings is 1. The van der Waals surface area contributed by atoms with Crippen LogP contribution >= 0.6 is 0 Å². The van der Waals surface area contributed by atoms with Gasteiger partial charge in [0.1, 0.15) is 0 Å². The van der Waals surface area contributed by atoms with E-state index in [9.17, 15) is 13.2 Å². The van der Waals surface area contributed by atoms with Gasteiger partial charge in [0.25, 0.3) is 10.2 Å². The molecular weight excluding hydrogens is 330 g/mol. The zero-order valence-corrected chi connectivity index (χ0v) is 14.7. The number of nitriles is 1. The van der Waals surface area contributed by atoms with Gasteiger partial charge >= 0.3 is 5.97 Å². The molecule has 1 aromatic rings. The van der Waals surface area contributed by atoms with Crippen LogP contribution in [0, 0.1) is 17.2 Å². The van der Waals surface area contributed by atoms with Crippen LogP contribution in [0.3, 0.4) is 0 Å². The van der Waals surface area contributed by atoms with Gasteiger partial charge in [-0.15, -0.1) is 0 Å². The average molecular weight is 353 g/mol. The third-order valence-corrected chi connectivity index (χ3v) is 5.11. The number of hydrogen-bond acceptors (Lipinski definition) is 4. The van der Waals surface area contributed by atoms with Crippen molar-refractivity contribution in [2.24, 2.45) is 5.92 Å². The van der Waals surface area contributed by atoms with Gasteiger partial charge in [0.15, 0.2) is 0 Å². The molecule has 0 radical (unpaired) electrons. The summed E-state index contributed by atoms with van der Waals surface area (Å²) in [5.74, 6) is -1.41. The molecule has 1 aromatic carbocycles. The molecule has 0 aromatic heterocycles. The number of nitrogens with one attached hydrogen (secondary N) is 1. The number of carboxylic acids is 1. The first kappa shape index (κ1) is 20.1. The van der Waals surface area contributed by atoms with Crippen molar-refractivity contribution in [2.75, 3.05) is 13.6 Å². The highest BCUT2D eigenvalue weighted by molar-refractivity contribution is 7.87. The van der Waals surface area contributed by atoms with Gasteiger partial charge in [-0.25, -0.2) is 0 Å². The molecule has 0 aliphatic heterocycles. The molecule has 0 fully saturated rings. The van der Waals surface area contributed by atoms with Gasteiger partial charge in [0.2, 0.25) is 0 Å². The zero-order valence-electron chi connectivity index (χ0n) is 13.8. The molecule has 0 aliphatic carbocycles. The number of nitrogens with zero attached hydrogens (tertiary/aromatic N) is 2. The Kier molecular flexibility index (Phi) is 7.85. The van der Waals surface area contributed by atoms with E-state index in [1.54, 1.807) is 6.92 Å². The first-order valence-electron chi connectivity index (χ1n) is 7.63. The lowest BCUT2D eigenvalue weighted by Gasteiger charge is -2.24. The number of carboxylic acid groups (broad SMARTS) is 1. The van der Waals surface area contributed by atoms with E-state index >= 15 is 0 Å². The van der Waals surface area contributed by atoms with Gasteiger partial charge < -0.3 is 5.11 Å². The maximum Gasteiger partial charge on any atom is 0.303 e. The first-order valence-corrected chi connectivity index (χ1v) is 9.07. The minimum absolute atomic E-state index is 0.0722. The number of carbonyl (C=O) groups is 1. The summed E-state index contributed by atoms with van der Waals surface area (Å²) in [6.07, 6.45) is 0.457. The Morgan fingerprint density at radius 3 is 2.54 bits per heavy atom. The lowest BCUT2D eigenvalue weighted by molar-refractivity contribution is -0.137. The first-order chi connectivity index (χ1) is 11.2. The van der Waals surface area contributed by atoms with Crippen molar-refractivity contribution in [3.8, 4) is 6.07 Å². The van der Waals surface area contributed by atoms with Crippen molar-refractivity contribution in [2.45, 2.75) is 32.2 Å². The quantitative estimate of drug-likeness (QED) is 0.660. The van der Waals surface area contributed by atoms with Crippen LogP contribution in [0.2, 0.25) is 0 Å². The highest BCUT2D eigenvalue weighted by Crippen LogP contribution is 2.11. The molecule has 1 rings (SSSR count). The summed E-state index contributed by atoms with van der Waals surface area (Å²) in [5.41, 5.74) is 0.920. The fraction of sp³-hybridized carbons (Fsp3) is 0.500. The Bertz CT molecular complexity index is 670. The Morgan fingerprint density at radius 2 is 2.00 bits per heavy atom. The highest BCUT2D eigenvalue weighted by atomic mass is 32.2. The lowest BCUT2D eigenvalue weighted by atomic mass is 10.0. The van der Waals surface area contributed by atoms with Crippen LogP contribution in [-0.4, -0.2) is 43.4 Å². The van der Waals surface area contributed by atoms with Crippen molar-refractivity contribution in [1.82, 2.24) is 9.03 Å². The van der Waals surface area contributed by atoms with Gasteiger partial charge in [-0.3, -0.25) is 4.79 Å². The Balaban J connectivity index is 2.82. The van der Waals surface area contributed by atoms with E-state index in [4.69, 9.17) is 10.4 Å². The molecule has 2 unspecified atom stereocenters. The van der Waals surface area contributed by atoms with E-state index in [-0.39, 0.29) is 19.4 Å². The summed E-state index contributed by atoms with van der Waals surface area (Å²) in [6.45, 7) is 1.71. The third kappa shape index (κ3) is 7.08. The Morgan fingerprint density at radius 1 is 1.38 bits per heavy atom. The van der Waals surface area contributed by atoms with Crippen LogP contribution < -0.4 is 4.72 Å². The van der Waals surface area contributed by atoms with E-state index in [0.717, 1.165) is 9.87 Å². The summed E-state index contributed by atoms with van der Waals surface area (Å²) in [4.78, 5) is 10.8. The van der Waals surface area contributed by atoms with Gasteiger partial charge in [-0.2, -0.15) is 22.7 Å². The maximum absolute atomic E-state index is 12.4. The van der Waals surface area contributed by atoms with Crippen LogP contribution in [0.5, 0.6) is 0 Å². The average Bonchev–Trinajstić information content (AvgIpc) is 2.53. The van der Waals surface area contributed by atoms with E-state index in [1.807, 2.05) is 36.4 Å². The van der Waals surface area contributed by atoms with E-state index in [2.05, 4.69) is 4.72 Å². The van der Waals surface area contributed by atoms with Crippen molar-refractivity contribution < 1.29 is 18.3 Å². The molecule has 0 bridgehead atoms. The van der Waals surface area contributed by atoms with Gasteiger partial charge in [0, 0.05) is 26.1 Å². The molecule has 0 aliphatic rings. The maximum atomic E-state index is 12.4. The van der Waals surface area contributed by atoms with Crippen molar-refractivity contribution in [3.05, 3.63) is 35.9 Å². The van der Waals surface area contributed by atoms with Gasteiger partial charge in [-0.05, 0) is 25.3 Å². The number of aliphatic carboxylic acids is 1. The smallest absolute Gasteiger partial charge is 0.303 e. The summed E-state index contributed by atoms with van der Waals surface area (Å²) in [6, 6.07) is 10.7. The Hall–Kier alpha value is -1.95. The van der Waals surface area contributed by atoms with E-state index in [1.165, 1.54) is 7.05 Å². The van der Waals surface area contributed by atoms with Crippen molar-refractivity contribution in [1.29, 1.82) is 5.26 Å². The van der Waals surface area contributed by atoms with Gasteiger partial charge in [0.05, 0.1) is 12.0 Å². The predicted octanol–water partition coefficient (Wildman–Crippen LogP) is 1.39. The van der Waals surface area contributed by atoms with Crippen LogP contribution in [0.4, 0.5) is 0 Å². The highest BCUT2D eigenvalue weighted by Gasteiger charge is 2.24. The molecule has 8 heteroatoms. The van der Waals surface area contributed by atoms with Gasteiger partial charge in [-0.1, -0.05) is 30.3 Å². The molecule has 0 saturated carbocycles. The SMILES string of the molecule is CC(C#N)CN(C)S(=O)(=O)NC(CCC(=O)O)Cc1ccccc1. The van der Waals surface area contributed by atoms with Crippen molar-refractivity contribution >= 4 is 16.2 Å². The minimum atomic E-state index is -3.79. The van der Waals surface area contributed by atoms with E-state index in [0.29, 0.717) is 6.42 Å². The summed E-state index contributed by atoms with van der Waals surface area (Å²) < 4.78 is 28.4. The fourth-order valence-electron chi connectivity index (χ4n) is 2.22. The molecule has 0 saturated heterocycles. The van der Waals surface area contributed by atoms with E-state index < -0.39 is 28.1 Å². The largest absolute Gasteiger partial charge is 0.481 e. The van der Waals surface area contributed by atoms with Crippen LogP contribution in [0.25, 0.3) is 0 Å². The standard InChI is InChI=1S/C16H23N3O4S/c1-13(11-17)12-19(2)24(22,23)18-15(8-9-16(20)21)10-14-6-4-3-5-7-14/h3-7,13,15,18H,8-10,12H2,1-2H3,(H,20,21). The molecule has 7 nitrogen and oxygen atoms in total. The minimum Gasteiger partial charge on any atom is -0.481 e. The predicted molar refractivity (Wildman–Crippen MR) is 90.3 cm³/mol. The van der Waals surface area contributed by atoms with Crippen LogP contribution in [0.1, 0.15) is 25.3 Å². The second-order valence-corrected chi connectivity index (χ2v) is 7.56. The Labute approximate surface area is 143 Å². The molecule has 2 N–H and O–H groups in total. The topological polar surface area (TPSA) is 111 Å². The molecule has 24 heavy (non-hydrogen) atoms. The summed E-state index contributed by atoms with van der Waals surface area (Å²) >= 11 is 0. The van der Waals surface area contributed by atoms with Crippen LogP contribution in [-0.2, 0) is 21.4 Å². The summed E-state index contributed by atoms with van der Waals surface area (Å²) in [5, 5.41) is 17.7. The monoisotopic (exact) mass is 353 g/mol. The van der Waals surface area contributed by atoms with Crippen molar-refractivity contribution in [3.63, 3.8) is 0 Å². The molecule has 0 amide bonds. The second-order valence-electron chi connectivity index (χ2n) is 5.75. The molecular formula is C16H23N3O4S. The number of rotatable bonds is 10. The zero-order chi connectivity index (χ0) is 18.2. The normalized spacial score (nSPS) is 14.1. The summed E-state index contributed by atoms with van der Waals surface area (Å²) in [7, 11) is -2.40.